The Labute approximate surface area is 130 Å². The number of carbonyl (C=O) groups is 1. The van der Waals surface area contributed by atoms with Gasteiger partial charge in [-0.25, -0.2) is 0 Å². The summed E-state index contributed by atoms with van der Waals surface area (Å²) in [4.78, 5) is 16.4. The Hall–Kier alpha value is -1.85. The number of furan rings is 1. The minimum Gasteiger partial charge on any atom is -0.451 e. The highest BCUT2D eigenvalue weighted by atomic mass is 16.3. The van der Waals surface area contributed by atoms with Crippen LogP contribution in [-0.4, -0.2) is 60.1 Å². The highest BCUT2D eigenvalue weighted by molar-refractivity contribution is 5.99. The van der Waals surface area contributed by atoms with Crippen LogP contribution < -0.4 is 0 Å². The predicted molar refractivity (Wildman–Crippen MR) is 85.0 cm³/mol. The summed E-state index contributed by atoms with van der Waals surface area (Å²) in [6.45, 7) is 3.36. The number of β-amino-alcohol motifs (C(OH)–C–C–N with tert-alkyl or cyclic N) is 1. The fraction of sp³-hybridized carbons (Fsp3) is 0.471. The molecule has 3 rings (SSSR count). The van der Waals surface area contributed by atoms with Gasteiger partial charge in [-0.2, -0.15) is 0 Å². The van der Waals surface area contributed by atoms with E-state index in [1.54, 1.807) is 4.90 Å². The number of hydrogen-bond donors (Lipinski definition) is 1. The maximum atomic E-state index is 12.7. The number of para-hydroxylation sites is 1. The maximum absolute atomic E-state index is 12.7. The number of fused-ring (bicyclic) bond motifs is 1. The van der Waals surface area contributed by atoms with Gasteiger partial charge in [-0.3, -0.25) is 4.79 Å². The molecule has 1 N–H and O–H groups in total. The lowest BCUT2D eigenvalue weighted by molar-refractivity contribution is 0.0231. The fourth-order valence-corrected chi connectivity index (χ4v) is 3.27. The summed E-state index contributed by atoms with van der Waals surface area (Å²) in [5, 5.41) is 11.5. The first-order chi connectivity index (χ1) is 10.4. The molecule has 118 valence electrons. The van der Waals surface area contributed by atoms with Crippen LogP contribution in [-0.2, 0) is 0 Å². The van der Waals surface area contributed by atoms with Gasteiger partial charge in [0.25, 0.3) is 5.91 Å². The monoisotopic (exact) mass is 302 g/mol. The quantitative estimate of drug-likeness (QED) is 0.940. The van der Waals surface area contributed by atoms with Crippen LogP contribution >= 0.6 is 0 Å². The minimum atomic E-state index is -0.834. The van der Waals surface area contributed by atoms with E-state index >= 15 is 0 Å². The second-order valence-electron chi connectivity index (χ2n) is 6.49. The van der Waals surface area contributed by atoms with Crippen LogP contribution in [0, 0.1) is 6.92 Å². The van der Waals surface area contributed by atoms with Crippen LogP contribution in [0.15, 0.2) is 28.7 Å². The summed E-state index contributed by atoms with van der Waals surface area (Å²) in [6, 6.07) is 7.65. The van der Waals surface area contributed by atoms with Crippen molar-refractivity contribution in [3.05, 3.63) is 35.6 Å². The number of benzene rings is 1. The number of likely N-dealkylation sites (tertiary alicyclic amines) is 1. The second kappa shape index (κ2) is 5.41. The van der Waals surface area contributed by atoms with Gasteiger partial charge in [0.15, 0.2) is 5.76 Å². The molecule has 2 aromatic rings. The van der Waals surface area contributed by atoms with E-state index in [1.165, 1.54) is 0 Å². The van der Waals surface area contributed by atoms with Crippen LogP contribution in [0.2, 0.25) is 0 Å². The Morgan fingerprint density at radius 1 is 1.41 bits per heavy atom. The number of likely N-dealkylation sites (N-methyl/N-ethyl adjacent to an activating group) is 1. The van der Waals surface area contributed by atoms with Crippen molar-refractivity contribution in [3.63, 3.8) is 0 Å². The number of hydrogen-bond acceptors (Lipinski definition) is 4. The van der Waals surface area contributed by atoms with E-state index in [-0.39, 0.29) is 5.91 Å². The van der Waals surface area contributed by atoms with E-state index in [2.05, 4.69) is 0 Å². The molecule has 1 amide bonds. The first-order valence-electron chi connectivity index (χ1n) is 7.54. The number of aryl methyl sites for hydroxylation is 1. The molecule has 0 aliphatic carbocycles. The number of nitrogens with zero attached hydrogens (tertiary/aromatic N) is 2. The molecule has 1 saturated heterocycles. The normalized spacial score (nSPS) is 22.0. The lowest BCUT2D eigenvalue weighted by atomic mass is 10.0. The summed E-state index contributed by atoms with van der Waals surface area (Å²) >= 11 is 0. The molecule has 22 heavy (non-hydrogen) atoms. The average Bonchev–Trinajstić information content (AvgIpc) is 2.99. The summed E-state index contributed by atoms with van der Waals surface area (Å²) in [7, 11) is 3.84. The number of amides is 1. The molecule has 5 heteroatoms. The van der Waals surface area contributed by atoms with Gasteiger partial charge >= 0.3 is 0 Å². The van der Waals surface area contributed by atoms with Gasteiger partial charge in [-0.05, 0) is 33.5 Å². The zero-order valence-electron chi connectivity index (χ0n) is 13.3. The SMILES string of the molecule is Cc1c(C(=O)N2CC[C@@](O)(CN(C)C)C2)oc2ccccc12. The van der Waals surface area contributed by atoms with Crippen molar-refractivity contribution in [3.8, 4) is 0 Å². The summed E-state index contributed by atoms with van der Waals surface area (Å²) in [5.41, 5.74) is 0.758. The van der Waals surface area contributed by atoms with Gasteiger partial charge in [-0.15, -0.1) is 0 Å². The van der Waals surface area contributed by atoms with E-state index < -0.39 is 5.60 Å². The van der Waals surface area contributed by atoms with Crippen LogP contribution in [0.25, 0.3) is 11.0 Å². The smallest absolute Gasteiger partial charge is 0.289 e. The van der Waals surface area contributed by atoms with Crippen molar-refractivity contribution in [1.82, 2.24) is 9.80 Å². The summed E-state index contributed by atoms with van der Waals surface area (Å²) < 4.78 is 5.74. The molecule has 1 aliphatic rings. The first kappa shape index (κ1) is 15.1. The summed E-state index contributed by atoms with van der Waals surface area (Å²) in [6.07, 6.45) is 0.593. The molecule has 1 aromatic carbocycles. The van der Waals surface area contributed by atoms with Crippen LogP contribution in [0.3, 0.4) is 0 Å². The van der Waals surface area contributed by atoms with Crippen molar-refractivity contribution in [2.75, 3.05) is 33.7 Å². The topological polar surface area (TPSA) is 56.9 Å². The Bertz CT molecular complexity index is 707. The van der Waals surface area contributed by atoms with Gasteiger partial charge in [0, 0.05) is 24.0 Å². The van der Waals surface area contributed by atoms with E-state index in [9.17, 15) is 9.90 Å². The summed E-state index contributed by atoms with van der Waals surface area (Å²) in [5.74, 6) is 0.249. The Balaban J connectivity index is 1.83. The molecule has 1 atom stereocenters. The lowest BCUT2D eigenvalue weighted by Crippen LogP contribution is -2.43. The maximum Gasteiger partial charge on any atom is 0.289 e. The molecular weight excluding hydrogens is 280 g/mol. The minimum absolute atomic E-state index is 0.136. The Morgan fingerprint density at radius 3 is 2.82 bits per heavy atom. The van der Waals surface area contributed by atoms with Gasteiger partial charge in [-0.1, -0.05) is 18.2 Å². The van der Waals surface area contributed by atoms with E-state index in [1.807, 2.05) is 50.2 Å². The van der Waals surface area contributed by atoms with Gasteiger partial charge < -0.3 is 19.3 Å². The largest absolute Gasteiger partial charge is 0.451 e. The van der Waals surface area contributed by atoms with E-state index in [0.29, 0.717) is 31.8 Å². The zero-order valence-corrected chi connectivity index (χ0v) is 13.3. The second-order valence-corrected chi connectivity index (χ2v) is 6.49. The molecule has 0 spiro atoms. The van der Waals surface area contributed by atoms with E-state index in [0.717, 1.165) is 16.5 Å². The van der Waals surface area contributed by atoms with Gasteiger partial charge in [0.1, 0.15) is 5.58 Å². The molecule has 0 radical (unpaired) electrons. The molecule has 2 heterocycles. The first-order valence-corrected chi connectivity index (χ1v) is 7.54. The van der Waals surface area contributed by atoms with Crippen molar-refractivity contribution >= 4 is 16.9 Å². The molecule has 1 fully saturated rings. The number of aliphatic hydroxyl groups is 1. The van der Waals surface area contributed by atoms with Crippen molar-refractivity contribution < 1.29 is 14.3 Å². The highest BCUT2D eigenvalue weighted by Gasteiger charge is 2.39. The predicted octanol–water partition coefficient (Wildman–Crippen LogP) is 1.88. The highest BCUT2D eigenvalue weighted by Crippen LogP contribution is 2.29. The third kappa shape index (κ3) is 2.62. The van der Waals surface area contributed by atoms with Crippen molar-refractivity contribution in [1.29, 1.82) is 0 Å². The average molecular weight is 302 g/mol. The van der Waals surface area contributed by atoms with Crippen molar-refractivity contribution in [2.45, 2.75) is 18.9 Å². The molecular formula is C17H22N2O3. The van der Waals surface area contributed by atoms with Gasteiger partial charge in [0.05, 0.1) is 12.1 Å². The Morgan fingerprint density at radius 2 is 2.14 bits per heavy atom. The molecule has 1 aromatic heterocycles. The lowest BCUT2D eigenvalue weighted by Gasteiger charge is -2.26. The zero-order chi connectivity index (χ0) is 15.9. The fourth-order valence-electron chi connectivity index (χ4n) is 3.27. The Kier molecular flexibility index (Phi) is 3.70. The molecule has 0 saturated carbocycles. The van der Waals surface area contributed by atoms with E-state index in [4.69, 9.17) is 4.42 Å². The molecule has 0 bridgehead atoms. The third-order valence-corrected chi connectivity index (χ3v) is 4.27. The van der Waals surface area contributed by atoms with Crippen LogP contribution in [0.5, 0.6) is 0 Å². The number of rotatable bonds is 3. The molecule has 1 aliphatic heterocycles. The third-order valence-electron chi connectivity index (χ3n) is 4.27. The standard InChI is InChI=1S/C17H22N2O3/c1-12-13-6-4-5-7-14(13)22-15(12)16(20)19-9-8-17(21,11-19)10-18(2)3/h4-7,21H,8-11H2,1-3H3/t17-/m1/s1. The molecule has 0 unspecified atom stereocenters. The van der Waals surface area contributed by atoms with Gasteiger partial charge in [0.2, 0.25) is 0 Å². The van der Waals surface area contributed by atoms with Crippen LogP contribution in [0.4, 0.5) is 0 Å². The number of carbonyl (C=O) groups excluding carboxylic acids is 1. The van der Waals surface area contributed by atoms with Crippen molar-refractivity contribution in [2.24, 2.45) is 0 Å². The molecule has 5 nitrogen and oxygen atoms in total. The van der Waals surface area contributed by atoms with Crippen LogP contribution in [0.1, 0.15) is 22.5 Å².